The number of rotatable bonds is 9. The van der Waals surface area contributed by atoms with Crippen molar-refractivity contribution in [2.75, 3.05) is 13.2 Å². The van der Waals surface area contributed by atoms with Crippen molar-refractivity contribution in [1.29, 1.82) is 0 Å². The first-order valence-electron chi connectivity index (χ1n) is 12.4. The monoisotopic (exact) mass is 533 g/mol. The molecule has 9 nitrogen and oxygen atoms in total. The molecule has 0 fully saturated rings. The molecular weight excluding hydrogens is 502 g/mol. The number of allylic oxidation sites excluding steroid dienone is 1. The molecule has 1 atom stereocenters. The number of fused-ring (bicyclic) bond motifs is 1. The molecule has 3 aromatic rings. The number of hydrazone groups is 1. The van der Waals surface area contributed by atoms with Crippen LogP contribution in [0, 0.1) is 6.92 Å². The van der Waals surface area contributed by atoms with Gasteiger partial charge in [-0.15, -0.1) is 0 Å². The zero-order chi connectivity index (χ0) is 27.2. The Morgan fingerprint density at radius 3 is 2.63 bits per heavy atom. The second-order valence-electron chi connectivity index (χ2n) is 8.67. The number of nitrogens with zero attached hydrogens (tertiary/aromatic N) is 2. The number of nitrogens with one attached hydrogen (secondary N) is 3. The van der Waals surface area contributed by atoms with Crippen LogP contribution in [0.5, 0.6) is 5.75 Å². The van der Waals surface area contributed by atoms with Gasteiger partial charge in [-0.2, -0.15) is 5.10 Å². The van der Waals surface area contributed by atoms with E-state index in [1.807, 2.05) is 37.3 Å². The van der Waals surface area contributed by atoms with Gasteiger partial charge in [0.15, 0.2) is 11.7 Å². The molecule has 2 heterocycles. The number of benzene rings is 2. The summed E-state index contributed by atoms with van der Waals surface area (Å²) < 4.78 is 13.3. The molecule has 0 spiro atoms. The molecule has 0 saturated carbocycles. The van der Waals surface area contributed by atoms with Crippen molar-refractivity contribution in [2.24, 2.45) is 5.10 Å². The summed E-state index contributed by atoms with van der Waals surface area (Å²) in [6.45, 7) is 8.45. The SMILES string of the molecule is CCOC(=O)C1=C(C)NC(=S)N[C@@H]1c1ccccc1OCC(=O)NN=Cc1c(C)n(CC)c2ccccc12. The Morgan fingerprint density at radius 1 is 1.13 bits per heavy atom. The summed E-state index contributed by atoms with van der Waals surface area (Å²) in [6.07, 6.45) is 1.66. The molecule has 1 aromatic heterocycles. The quantitative estimate of drug-likeness (QED) is 0.166. The molecule has 10 heteroatoms. The average Bonchev–Trinajstić information content (AvgIpc) is 3.17. The summed E-state index contributed by atoms with van der Waals surface area (Å²) in [5, 5.41) is 11.7. The van der Waals surface area contributed by atoms with Crippen molar-refractivity contribution in [3.63, 3.8) is 0 Å². The molecule has 2 aromatic carbocycles. The van der Waals surface area contributed by atoms with E-state index in [0.717, 1.165) is 28.7 Å². The summed E-state index contributed by atoms with van der Waals surface area (Å²) in [4.78, 5) is 25.3. The third-order valence-corrected chi connectivity index (χ3v) is 6.55. The van der Waals surface area contributed by atoms with Crippen molar-refractivity contribution in [2.45, 2.75) is 40.3 Å². The number of amides is 1. The van der Waals surface area contributed by atoms with E-state index >= 15 is 0 Å². The van der Waals surface area contributed by atoms with E-state index in [2.05, 4.69) is 38.7 Å². The lowest BCUT2D eigenvalue weighted by molar-refractivity contribution is -0.139. The van der Waals surface area contributed by atoms with Gasteiger partial charge in [0.1, 0.15) is 5.75 Å². The van der Waals surface area contributed by atoms with Crippen LogP contribution in [0.15, 0.2) is 64.9 Å². The number of aromatic nitrogens is 1. The Labute approximate surface area is 226 Å². The van der Waals surface area contributed by atoms with Crippen LogP contribution in [0.4, 0.5) is 0 Å². The number of hydrogen-bond acceptors (Lipinski definition) is 6. The molecule has 0 unspecified atom stereocenters. The van der Waals surface area contributed by atoms with Gasteiger partial charge in [0.25, 0.3) is 5.91 Å². The molecule has 4 rings (SSSR count). The maximum atomic E-state index is 12.7. The van der Waals surface area contributed by atoms with Crippen molar-refractivity contribution < 1.29 is 19.1 Å². The fraction of sp³-hybridized carbons (Fsp3) is 0.286. The number of carbonyl (C=O) groups excluding carboxylic acids is 2. The standard InChI is InChI=1S/C28H31N5O4S/c1-5-33-18(4)21(19-11-7-9-13-22(19)33)15-29-32-24(34)16-37-23-14-10-8-12-20(23)26-25(27(35)36-6-2)17(3)30-28(38)31-26/h7-15,26H,5-6,16H2,1-4H3,(H,32,34)(H2,30,31,38)/t26-/m1/s1. The van der Waals surface area contributed by atoms with Crippen LogP contribution in [0.2, 0.25) is 0 Å². The second kappa shape index (κ2) is 11.9. The summed E-state index contributed by atoms with van der Waals surface area (Å²) in [6, 6.07) is 14.7. The van der Waals surface area contributed by atoms with Gasteiger partial charge in [-0.1, -0.05) is 36.4 Å². The van der Waals surface area contributed by atoms with Crippen LogP contribution in [-0.2, 0) is 20.9 Å². The van der Waals surface area contributed by atoms with Crippen molar-refractivity contribution >= 4 is 46.3 Å². The Bertz CT molecular complexity index is 1440. The highest BCUT2D eigenvalue weighted by Crippen LogP contribution is 2.33. The summed E-state index contributed by atoms with van der Waals surface area (Å²) >= 11 is 5.32. The molecule has 1 aliphatic rings. The van der Waals surface area contributed by atoms with Crippen molar-refractivity contribution in [3.05, 3.63) is 76.6 Å². The first kappa shape index (κ1) is 26.9. The van der Waals surface area contributed by atoms with E-state index in [1.54, 1.807) is 32.2 Å². The van der Waals surface area contributed by atoms with E-state index in [4.69, 9.17) is 21.7 Å². The summed E-state index contributed by atoms with van der Waals surface area (Å²) in [7, 11) is 0. The second-order valence-corrected chi connectivity index (χ2v) is 9.08. The zero-order valence-corrected chi connectivity index (χ0v) is 22.6. The van der Waals surface area contributed by atoms with Gasteiger partial charge in [0, 0.05) is 40.0 Å². The van der Waals surface area contributed by atoms with Gasteiger partial charge in [0.2, 0.25) is 0 Å². The van der Waals surface area contributed by atoms with Gasteiger partial charge < -0.3 is 24.7 Å². The highest BCUT2D eigenvalue weighted by Gasteiger charge is 2.32. The smallest absolute Gasteiger partial charge is 0.338 e. The topological polar surface area (TPSA) is 106 Å². The normalized spacial score (nSPS) is 15.4. The highest BCUT2D eigenvalue weighted by molar-refractivity contribution is 7.80. The van der Waals surface area contributed by atoms with E-state index in [0.29, 0.717) is 27.7 Å². The molecule has 1 aliphatic heterocycles. The maximum absolute atomic E-state index is 12.7. The third-order valence-electron chi connectivity index (χ3n) is 6.33. The molecule has 3 N–H and O–H groups in total. The minimum atomic E-state index is -0.598. The van der Waals surface area contributed by atoms with Gasteiger partial charge in [-0.05, 0) is 52.0 Å². The molecule has 198 valence electrons. The van der Waals surface area contributed by atoms with Crippen LogP contribution in [-0.4, -0.2) is 41.0 Å². The zero-order valence-electron chi connectivity index (χ0n) is 21.8. The van der Waals surface area contributed by atoms with Gasteiger partial charge in [0.05, 0.1) is 24.4 Å². The van der Waals surface area contributed by atoms with Crippen LogP contribution in [0.1, 0.15) is 43.6 Å². The van der Waals surface area contributed by atoms with E-state index in [-0.39, 0.29) is 13.2 Å². The Morgan fingerprint density at radius 2 is 1.87 bits per heavy atom. The molecule has 1 amide bonds. The maximum Gasteiger partial charge on any atom is 0.338 e. The Kier molecular flexibility index (Phi) is 8.42. The predicted molar refractivity (Wildman–Crippen MR) is 151 cm³/mol. The van der Waals surface area contributed by atoms with Crippen molar-refractivity contribution in [3.8, 4) is 5.75 Å². The van der Waals surface area contributed by atoms with Crippen LogP contribution >= 0.6 is 12.2 Å². The highest BCUT2D eigenvalue weighted by atomic mass is 32.1. The minimum absolute atomic E-state index is 0.240. The molecular formula is C28H31N5O4S. The first-order chi connectivity index (χ1) is 18.3. The van der Waals surface area contributed by atoms with Crippen molar-refractivity contribution in [1.82, 2.24) is 20.6 Å². The van der Waals surface area contributed by atoms with E-state index in [1.165, 1.54) is 0 Å². The van der Waals surface area contributed by atoms with Crippen LogP contribution in [0.3, 0.4) is 0 Å². The van der Waals surface area contributed by atoms with Gasteiger partial charge in [-0.25, -0.2) is 10.2 Å². The number of carbonyl (C=O) groups is 2. The molecule has 0 bridgehead atoms. The molecule has 0 saturated heterocycles. The molecule has 0 aliphatic carbocycles. The average molecular weight is 534 g/mol. The lowest BCUT2D eigenvalue weighted by Crippen LogP contribution is -2.45. The minimum Gasteiger partial charge on any atom is -0.483 e. The van der Waals surface area contributed by atoms with Crippen LogP contribution < -0.4 is 20.8 Å². The lowest BCUT2D eigenvalue weighted by Gasteiger charge is -2.30. The van der Waals surface area contributed by atoms with Gasteiger partial charge >= 0.3 is 5.97 Å². The van der Waals surface area contributed by atoms with E-state index < -0.39 is 17.9 Å². The molecule has 38 heavy (non-hydrogen) atoms. The predicted octanol–water partition coefficient (Wildman–Crippen LogP) is 3.85. The largest absolute Gasteiger partial charge is 0.483 e. The third kappa shape index (κ3) is 5.55. The number of hydrogen-bond donors (Lipinski definition) is 3. The fourth-order valence-corrected chi connectivity index (χ4v) is 4.90. The van der Waals surface area contributed by atoms with Crippen LogP contribution in [0.25, 0.3) is 10.9 Å². The number of thiocarbonyl (C=S) groups is 1. The number of ether oxygens (including phenoxy) is 2. The number of para-hydroxylation sites is 2. The Hall–Kier alpha value is -4.18. The van der Waals surface area contributed by atoms with E-state index in [9.17, 15) is 9.59 Å². The van der Waals surface area contributed by atoms with Gasteiger partial charge in [-0.3, -0.25) is 4.79 Å². The lowest BCUT2D eigenvalue weighted by atomic mass is 9.95. The molecule has 0 radical (unpaired) electrons. The Balaban J connectivity index is 1.48. The number of aryl methyl sites for hydroxylation is 1. The summed E-state index contributed by atoms with van der Waals surface area (Å²) in [5.74, 6) is -0.441. The number of esters is 1. The first-order valence-corrected chi connectivity index (χ1v) is 12.8. The summed E-state index contributed by atoms with van der Waals surface area (Å²) in [5.41, 5.74) is 7.34. The fourth-order valence-electron chi connectivity index (χ4n) is 4.63.